The quantitative estimate of drug-likeness (QED) is 0.383. The Morgan fingerprint density at radius 2 is 2.08 bits per heavy atom. The molecule has 3 amide bonds. The van der Waals surface area contributed by atoms with Crippen LogP contribution in [0.3, 0.4) is 0 Å². The van der Waals surface area contributed by atoms with Crippen LogP contribution in [-0.2, 0) is 15.6 Å². The van der Waals surface area contributed by atoms with Gasteiger partial charge in [0.25, 0.3) is 0 Å². The molecular weight excluding hydrogens is 181 g/mol. The molecule has 0 spiro atoms. The molecule has 0 saturated heterocycles. The van der Waals surface area contributed by atoms with E-state index in [1.54, 1.807) is 0 Å². The molecule has 0 saturated carbocycles. The highest BCUT2D eigenvalue weighted by Gasteiger charge is 1.99. The van der Waals surface area contributed by atoms with E-state index in [4.69, 9.17) is 0 Å². The normalized spacial score (nSPS) is 12.2. The summed E-state index contributed by atoms with van der Waals surface area (Å²) in [5, 5.41) is 0. The number of amides is 3. The molecule has 1 unspecified atom stereocenters. The summed E-state index contributed by atoms with van der Waals surface area (Å²) in [5.41, 5.74) is 0. The molecule has 0 heterocycles. The molecule has 0 aliphatic rings. The third kappa shape index (κ3) is 4.72. The minimum absolute atomic E-state index is 0.480. The van der Waals surface area contributed by atoms with Crippen LogP contribution in [0.4, 0.5) is 4.79 Å². The van der Waals surface area contributed by atoms with Gasteiger partial charge in [0.05, 0.1) is 0 Å². The average molecular weight is 191 g/mol. The van der Waals surface area contributed by atoms with Crippen LogP contribution in [0, 0.1) is 0 Å². The van der Waals surface area contributed by atoms with Gasteiger partial charge in [-0.2, -0.15) is 0 Å². The van der Waals surface area contributed by atoms with Gasteiger partial charge in [-0.05, 0) is 7.05 Å². The van der Waals surface area contributed by atoms with E-state index in [1.807, 2.05) is 4.72 Å². The maximum Gasteiger partial charge on any atom is 0.340 e. The minimum Gasteiger partial charge on any atom is -0.377 e. The highest BCUT2D eigenvalue weighted by Crippen LogP contribution is 1.82. The van der Waals surface area contributed by atoms with Crippen LogP contribution in [0.5, 0.6) is 0 Å². The van der Waals surface area contributed by atoms with Crippen LogP contribution in [0.2, 0.25) is 0 Å². The van der Waals surface area contributed by atoms with E-state index in [0.717, 1.165) is 4.81 Å². The number of hydrogen-bond donors (Lipinski definition) is 2. The van der Waals surface area contributed by atoms with E-state index in [9.17, 15) is 13.8 Å². The first-order valence-electron chi connectivity index (χ1n) is 3.11. The van der Waals surface area contributed by atoms with Crippen LogP contribution >= 0.6 is 0 Å². The standard InChI is InChI=1S/C4H10BN3O3S/c1-3(9)6-12(11)7-4(10)8(2)5/h12H,5H2,1-2H3,(H,6,7,9,10,11). The Balaban J connectivity index is 4.27. The van der Waals surface area contributed by atoms with Gasteiger partial charge in [-0.3, -0.25) is 9.52 Å². The zero-order chi connectivity index (χ0) is 9.72. The summed E-state index contributed by atoms with van der Waals surface area (Å²) in [5.74, 6) is -0.480. The van der Waals surface area contributed by atoms with Crippen molar-refractivity contribution in [2.75, 3.05) is 7.05 Å². The summed E-state index contributed by atoms with van der Waals surface area (Å²) in [4.78, 5) is 22.2. The summed E-state index contributed by atoms with van der Waals surface area (Å²) >= 11 is 0. The summed E-state index contributed by atoms with van der Waals surface area (Å²) in [6.07, 6.45) is 0. The fourth-order valence-corrected chi connectivity index (χ4v) is 0.980. The first-order valence-corrected chi connectivity index (χ1v) is 4.32. The van der Waals surface area contributed by atoms with Crippen molar-refractivity contribution in [3.8, 4) is 0 Å². The molecule has 0 aromatic heterocycles. The summed E-state index contributed by atoms with van der Waals surface area (Å²) < 4.78 is 15.9. The lowest BCUT2D eigenvalue weighted by Crippen LogP contribution is -2.23. The smallest absolute Gasteiger partial charge is 0.340 e. The Hall–Kier alpha value is -1.05. The van der Waals surface area contributed by atoms with Crippen molar-refractivity contribution < 1.29 is 13.8 Å². The first-order chi connectivity index (χ1) is 5.43. The summed E-state index contributed by atoms with van der Waals surface area (Å²) in [6, 6.07) is -0.634. The molecular formula is C4H10BN3O3S. The van der Waals surface area contributed by atoms with Crippen molar-refractivity contribution in [3.63, 3.8) is 0 Å². The van der Waals surface area contributed by atoms with Crippen LogP contribution in [0.15, 0.2) is 4.36 Å². The van der Waals surface area contributed by atoms with Crippen molar-refractivity contribution in [3.05, 3.63) is 0 Å². The number of carbonyl (C=O) groups is 2. The summed E-state index contributed by atoms with van der Waals surface area (Å²) in [7, 11) is 0.642. The van der Waals surface area contributed by atoms with E-state index in [0.29, 0.717) is 0 Å². The fraction of sp³-hybridized carbons (Fsp3) is 0.500. The lowest BCUT2D eigenvalue weighted by Gasteiger charge is -2.03. The van der Waals surface area contributed by atoms with Crippen molar-refractivity contribution in [2.24, 2.45) is 4.36 Å². The van der Waals surface area contributed by atoms with E-state index in [2.05, 4.69) is 4.36 Å². The summed E-state index contributed by atoms with van der Waals surface area (Å²) in [6.45, 7) is 1.20. The second-order valence-electron chi connectivity index (χ2n) is 2.22. The first kappa shape index (κ1) is 11.0. The predicted octanol–water partition coefficient (Wildman–Crippen LogP) is -1.70. The van der Waals surface area contributed by atoms with Gasteiger partial charge in [0, 0.05) is 6.92 Å². The van der Waals surface area contributed by atoms with Crippen LogP contribution in [0.1, 0.15) is 6.92 Å². The maximum atomic E-state index is 10.8. The molecule has 1 N–H and O–H groups in total. The molecule has 0 aromatic carbocycles. The number of urea groups is 1. The molecule has 0 aliphatic heterocycles. The van der Waals surface area contributed by atoms with Gasteiger partial charge in [-0.25, -0.2) is 9.00 Å². The maximum absolute atomic E-state index is 10.8. The van der Waals surface area contributed by atoms with Crippen LogP contribution < -0.4 is 4.72 Å². The Morgan fingerprint density at radius 1 is 1.58 bits per heavy atom. The van der Waals surface area contributed by atoms with Gasteiger partial charge >= 0.3 is 6.03 Å². The molecule has 12 heavy (non-hydrogen) atoms. The van der Waals surface area contributed by atoms with Crippen LogP contribution in [0.25, 0.3) is 0 Å². The third-order valence-corrected chi connectivity index (χ3v) is 1.67. The number of thiol groups is 1. The molecule has 1 atom stereocenters. The molecule has 8 heteroatoms. The van der Waals surface area contributed by atoms with E-state index in [-0.39, 0.29) is 0 Å². The monoisotopic (exact) mass is 191 g/mol. The molecule has 68 valence electrons. The van der Waals surface area contributed by atoms with E-state index in [1.165, 1.54) is 22.0 Å². The third-order valence-electron chi connectivity index (χ3n) is 0.812. The number of nitrogens with zero attached hydrogens (tertiary/aromatic N) is 2. The van der Waals surface area contributed by atoms with Gasteiger partial charge in [0.15, 0.2) is 0 Å². The molecule has 0 fully saturated rings. The molecule has 0 aliphatic carbocycles. The van der Waals surface area contributed by atoms with Crippen molar-refractivity contribution >= 4 is 30.7 Å². The van der Waals surface area contributed by atoms with Crippen molar-refractivity contribution in [1.29, 1.82) is 0 Å². The van der Waals surface area contributed by atoms with Gasteiger partial charge in [0.1, 0.15) is 10.8 Å². The molecule has 0 aromatic rings. The minimum atomic E-state index is -2.31. The Morgan fingerprint density at radius 3 is 2.42 bits per heavy atom. The van der Waals surface area contributed by atoms with Gasteiger partial charge < -0.3 is 4.81 Å². The zero-order valence-corrected chi connectivity index (χ0v) is 7.96. The largest absolute Gasteiger partial charge is 0.377 e. The molecule has 0 rings (SSSR count). The number of nitrogens with one attached hydrogen (secondary N) is 1. The number of rotatable bonds is 1. The predicted molar refractivity (Wildman–Crippen MR) is 47.5 cm³/mol. The SMILES string of the molecule is BN(C)C(=O)N=[SH](=O)NC(C)=O. The Bertz CT molecular complexity index is 271. The second-order valence-corrected chi connectivity index (χ2v) is 3.19. The lowest BCUT2D eigenvalue weighted by molar-refractivity contribution is -0.117. The van der Waals surface area contributed by atoms with Gasteiger partial charge in [-0.15, -0.1) is 4.36 Å². The molecule has 0 radical (unpaired) electrons. The second kappa shape index (κ2) is 4.76. The number of hydrogen-bond acceptors (Lipinski definition) is 3. The zero-order valence-electron chi connectivity index (χ0n) is 7.07. The molecule has 6 nitrogen and oxygen atoms in total. The van der Waals surface area contributed by atoms with Crippen LogP contribution in [-0.4, -0.2) is 36.0 Å². The van der Waals surface area contributed by atoms with Crippen molar-refractivity contribution in [2.45, 2.75) is 6.92 Å². The van der Waals surface area contributed by atoms with Crippen molar-refractivity contribution in [1.82, 2.24) is 9.53 Å². The highest BCUT2D eigenvalue weighted by atomic mass is 32.2. The Kier molecular flexibility index (Phi) is 4.34. The lowest BCUT2D eigenvalue weighted by atomic mass is 10.4. The fourth-order valence-electron chi connectivity index (χ4n) is 0.327. The molecule has 0 bridgehead atoms. The van der Waals surface area contributed by atoms with E-state index >= 15 is 0 Å². The van der Waals surface area contributed by atoms with Gasteiger partial charge in [-0.1, -0.05) is 0 Å². The van der Waals surface area contributed by atoms with Gasteiger partial charge in [0.2, 0.25) is 13.9 Å². The average Bonchev–Trinajstić information content (AvgIpc) is 1.84. The Labute approximate surface area is 73.1 Å². The number of carbonyl (C=O) groups excluding carboxylic acids is 2. The van der Waals surface area contributed by atoms with E-state index < -0.39 is 22.7 Å². The topological polar surface area (TPSA) is 78.8 Å². The highest BCUT2D eigenvalue weighted by molar-refractivity contribution is 7.73.